The molecule has 0 amide bonds. The highest BCUT2D eigenvalue weighted by Crippen LogP contribution is 2.37. The molecule has 0 spiro atoms. The molecule has 0 aliphatic carbocycles. The van der Waals surface area contributed by atoms with Crippen LogP contribution in [0.2, 0.25) is 5.02 Å². The summed E-state index contributed by atoms with van der Waals surface area (Å²) in [5, 5.41) is 13.1. The Morgan fingerprint density at radius 1 is 0.852 bits per heavy atom. The van der Waals surface area contributed by atoms with Crippen LogP contribution in [0.15, 0.2) is 78.9 Å². The molecule has 1 heterocycles. The van der Waals surface area contributed by atoms with Crippen molar-refractivity contribution < 1.29 is 9.90 Å². The topological polar surface area (TPSA) is 53.0 Å². The van der Waals surface area contributed by atoms with Gasteiger partial charge in [-0.05, 0) is 34.9 Å². The molecule has 1 aromatic heterocycles. The maximum absolute atomic E-state index is 11.6. The zero-order valence-corrected chi connectivity index (χ0v) is 15.1. The van der Waals surface area contributed by atoms with Crippen molar-refractivity contribution in [2.45, 2.75) is 6.42 Å². The monoisotopic (exact) mass is 372 g/mol. The predicted molar refractivity (Wildman–Crippen MR) is 106 cm³/mol. The van der Waals surface area contributed by atoms with E-state index in [9.17, 15) is 9.90 Å². The van der Waals surface area contributed by atoms with Gasteiger partial charge in [-0.25, -0.2) is 4.98 Å². The van der Waals surface area contributed by atoms with E-state index < -0.39 is 5.97 Å². The summed E-state index contributed by atoms with van der Waals surface area (Å²) in [6.07, 6.45) is -0.222. The van der Waals surface area contributed by atoms with Crippen LogP contribution in [0.3, 0.4) is 0 Å². The average Bonchev–Trinajstić information content (AvgIpc) is 2.68. The number of carbonyl (C=O) groups excluding carboxylic acids is 1. The Kier molecular flexibility index (Phi) is 4.61. The summed E-state index contributed by atoms with van der Waals surface area (Å²) in [7, 11) is 0. The molecule has 0 fully saturated rings. The smallest absolute Gasteiger partial charge is 0.0751 e. The molecule has 132 valence electrons. The van der Waals surface area contributed by atoms with Crippen molar-refractivity contribution in [1.82, 2.24) is 4.98 Å². The summed E-state index contributed by atoms with van der Waals surface area (Å²) in [5.41, 5.74) is 4.72. The minimum atomic E-state index is -1.14. The Balaban J connectivity index is 2.11. The Bertz CT molecular complexity index is 1120. The van der Waals surface area contributed by atoms with E-state index in [2.05, 4.69) is 0 Å². The second-order valence-electron chi connectivity index (χ2n) is 6.25. The van der Waals surface area contributed by atoms with Crippen molar-refractivity contribution in [2.24, 2.45) is 0 Å². The number of hydrogen-bond acceptors (Lipinski definition) is 3. The average molecular weight is 373 g/mol. The molecular formula is C23H15ClNO2-. The summed E-state index contributed by atoms with van der Waals surface area (Å²) < 4.78 is 0. The first-order valence-electron chi connectivity index (χ1n) is 8.56. The van der Waals surface area contributed by atoms with Crippen molar-refractivity contribution >= 4 is 28.5 Å². The second kappa shape index (κ2) is 7.22. The normalized spacial score (nSPS) is 10.9. The first-order valence-corrected chi connectivity index (χ1v) is 8.94. The molecule has 0 unspecified atom stereocenters. The number of aromatic nitrogens is 1. The van der Waals surface area contributed by atoms with E-state index >= 15 is 0 Å². The SMILES string of the molecule is O=C([O-])Cc1c(-c2ccc(Cl)cc2)nc2ccccc2c1-c1ccccc1. The molecule has 4 rings (SSSR count). The van der Waals surface area contributed by atoms with Crippen LogP contribution >= 0.6 is 11.6 Å². The lowest BCUT2D eigenvalue weighted by Gasteiger charge is -2.18. The van der Waals surface area contributed by atoms with E-state index in [0.717, 1.165) is 27.6 Å². The highest BCUT2D eigenvalue weighted by atomic mass is 35.5. The minimum absolute atomic E-state index is 0.222. The Labute approximate surface area is 161 Å². The molecule has 3 nitrogen and oxygen atoms in total. The summed E-state index contributed by atoms with van der Waals surface area (Å²) in [6, 6.07) is 24.8. The largest absolute Gasteiger partial charge is 0.550 e. The number of halogens is 1. The van der Waals surface area contributed by atoms with E-state index in [1.807, 2.05) is 66.7 Å². The fourth-order valence-electron chi connectivity index (χ4n) is 3.35. The molecule has 0 N–H and O–H groups in total. The van der Waals surface area contributed by atoms with E-state index in [1.165, 1.54) is 0 Å². The lowest BCUT2D eigenvalue weighted by molar-refractivity contribution is -0.304. The number of benzene rings is 3. The molecule has 3 aromatic carbocycles. The van der Waals surface area contributed by atoms with E-state index in [1.54, 1.807) is 12.1 Å². The van der Waals surface area contributed by atoms with Crippen LogP contribution in [0.4, 0.5) is 0 Å². The maximum Gasteiger partial charge on any atom is 0.0751 e. The lowest BCUT2D eigenvalue weighted by atomic mass is 9.90. The van der Waals surface area contributed by atoms with Crippen LogP contribution < -0.4 is 5.11 Å². The second-order valence-corrected chi connectivity index (χ2v) is 6.69. The molecule has 4 aromatic rings. The van der Waals surface area contributed by atoms with Gasteiger partial charge < -0.3 is 9.90 Å². The van der Waals surface area contributed by atoms with Crippen molar-refractivity contribution in [2.75, 3.05) is 0 Å². The van der Waals surface area contributed by atoms with Gasteiger partial charge in [-0.3, -0.25) is 0 Å². The van der Waals surface area contributed by atoms with Crippen LogP contribution in [0.1, 0.15) is 5.56 Å². The van der Waals surface area contributed by atoms with Crippen LogP contribution in [0.25, 0.3) is 33.3 Å². The lowest BCUT2D eigenvalue weighted by Crippen LogP contribution is -2.25. The number of carboxylic acids is 1. The number of nitrogens with zero attached hydrogens (tertiary/aromatic N) is 1. The van der Waals surface area contributed by atoms with Gasteiger partial charge in [-0.2, -0.15) is 0 Å². The zero-order valence-electron chi connectivity index (χ0n) is 14.4. The van der Waals surface area contributed by atoms with E-state index in [-0.39, 0.29) is 6.42 Å². The van der Waals surface area contributed by atoms with Crippen LogP contribution in [-0.4, -0.2) is 11.0 Å². The molecule has 0 saturated heterocycles. The molecule has 4 heteroatoms. The van der Waals surface area contributed by atoms with E-state index in [4.69, 9.17) is 16.6 Å². The third kappa shape index (κ3) is 3.42. The third-order valence-electron chi connectivity index (χ3n) is 4.49. The molecule has 0 saturated carbocycles. The standard InChI is InChI=1S/C23H16ClNO2/c24-17-12-10-16(11-13-17)23-19(14-21(26)27)22(15-6-2-1-3-7-15)18-8-4-5-9-20(18)25-23/h1-13H,14H2,(H,26,27)/p-1. The molecule has 27 heavy (non-hydrogen) atoms. The van der Waals surface area contributed by atoms with Crippen molar-refractivity contribution in [3.8, 4) is 22.4 Å². The van der Waals surface area contributed by atoms with Crippen LogP contribution in [0.5, 0.6) is 0 Å². The van der Waals surface area contributed by atoms with Crippen LogP contribution in [0, 0.1) is 0 Å². The Morgan fingerprint density at radius 2 is 1.52 bits per heavy atom. The fourth-order valence-corrected chi connectivity index (χ4v) is 3.47. The number of aliphatic carboxylic acids is 1. The number of rotatable bonds is 4. The number of fused-ring (bicyclic) bond motifs is 1. The van der Waals surface area contributed by atoms with Crippen molar-refractivity contribution in [3.05, 3.63) is 89.4 Å². The van der Waals surface area contributed by atoms with Gasteiger partial charge in [-0.1, -0.05) is 72.3 Å². The summed E-state index contributed by atoms with van der Waals surface area (Å²) >= 11 is 6.02. The van der Waals surface area contributed by atoms with Crippen molar-refractivity contribution in [1.29, 1.82) is 0 Å². The molecule has 0 radical (unpaired) electrons. The van der Waals surface area contributed by atoms with Gasteiger partial charge in [0.25, 0.3) is 0 Å². The van der Waals surface area contributed by atoms with Gasteiger partial charge in [0.2, 0.25) is 0 Å². The molecule has 0 aliphatic heterocycles. The van der Waals surface area contributed by atoms with Crippen molar-refractivity contribution in [3.63, 3.8) is 0 Å². The number of hydrogen-bond donors (Lipinski definition) is 0. The first-order chi connectivity index (χ1) is 13.1. The van der Waals surface area contributed by atoms with Crippen LogP contribution in [-0.2, 0) is 11.2 Å². The Morgan fingerprint density at radius 3 is 2.22 bits per heavy atom. The number of para-hydroxylation sites is 1. The van der Waals surface area contributed by atoms with Gasteiger partial charge in [-0.15, -0.1) is 0 Å². The van der Waals surface area contributed by atoms with Gasteiger partial charge in [0, 0.05) is 28.4 Å². The summed E-state index contributed by atoms with van der Waals surface area (Å²) in [5.74, 6) is -1.14. The van der Waals surface area contributed by atoms with Gasteiger partial charge >= 0.3 is 0 Å². The molecular weight excluding hydrogens is 358 g/mol. The minimum Gasteiger partial charge on any atom is -0.550 e. The summed E-state index contributed by atoms with van der Waals surface area (Å²) in [6.45, 7) is 0. The maximum atomic E-state index is 11.6. The van der Waals surface area contributed by atoms with Gasteiger partial charge in [0.05, 0.1) is 11.2 Å². The highest BCUT2D eigenvalue weighted by Gasteiger charge is 2.18. The molecule has 0 atom stereocenters. The number of carbonyl (C=O) groups is 1. The third-order valence-corrected chi connectivity index (χ3v) is 4.75. The fraction of sp³-hybridized carbons (Fsp3) is 0.0435. The van der Waals surface area contributed by atoms with Gasteiger partial charge in [0.15, 0.2) is 0 Å². The number of carboxylic acid groups (broad SMARTS) is 1. The zero-order chi connectivity index (χ0) is 18.8. The molecule has 0 bridgehead atoms. The number of pyridine rings is 1. The van der Waals surface area contributed by atoms with Gasteiger partial charge in [0.1, 0.15) is 0 Å². The highest BCUT2D eigenvalue weighted by molar-refractivity contribution is 6.30. The molecule has 0 aliphatic rings. The quantitative estimate of drug-likeness (QED) is 0.529. The first kappa shape index (κ1) is 17.3. The van der Waals surface area contributed by atoms with E-state index in [0.29, 0.717) is 16.3 Å². The predicted octanol–water partition coefficient (Wildman–Crippen LogP) is 4.51. The Hall–Kier alpha value is -3.17. The summed E-state index contributed by atoms with van der Waals surface area (Å²) in [4.78, 5) is 16.3.